The predicted molar refractivity (Wildman–Crippen MR) is 105 cm³/mol. The fourth-order valence-corrected chi connectivity index (χ4v) is 4.24. The molecule has 0 radical (unpaired) electrons. The summed E-state index contributed by atoms with van der Waals surface area (Å²) < 4.78 is 2.08. The lowest BCUT2D eigenvalue weighted by Crippen LogP contribution is -2.30. The van der Waals surface area contributed by atoms with Crippen LogP contribution in [-0.4, -0.2) is 37.5 Å². The standard InChI is InChI=1S/C20H21N5OS/c26-19-17(10-4-5-12-22-19)27-20-24-23-18(16-9-6-11-21-13-16)25(20)14-15-7-2-1-3-8-15/h1-3,6-9,11,13,17H,4-5,10,12,14H2,(H,22,26)/t17-/m1/s1. The van der Waals surface area contributed by atoms with E-state index in [1.165, 1.54) is 11.8 Å². The van der Waals surface area contributed by atoms with Gasteiger partial charge >= 0.3 is 0 Å². The highest BCUT2D eigenvalue weighted by Gasteiger charge is 2.25. The molecule has 1 aliphatic rings. The molecule has 0 unspecified atom stereocenters. The van der Waals surface area contributed by atoms with E-state index < -0.39 is 0 Å². The molecule has 1 amide bonds. The Balaban J connectivity index is 1.68. The van der Waals surface area contributed by atoms with Gasteiger partial charge < -0.3 is 5.32 Å². The van der Waals surface area contributed by atoms with E-state index in [-0.39, 0.29) is 11.2 Å². The quantitative estimate of drug-likeness (QED) is 0.737. The maximum atomic E-state index is 12.4. The molecule has 6 nitrogen and oxygen atoms in total. The topological polar surface area (TPSA) is 72.7 Å². The van der Waals surface area contributed by atoms with Crippen LogP contribution in [0, 0.1) is 0 Å². The summed E-state index contributed by atoms with van der Waals surface area (Å²) in [6.07, 6.45) is 6.46. The Morgan fingerprint density at radius 3 is 2.81 bits per heavy atom. The first-order chi connectivity index (χ1) is 13.3. The number of carbonyl (C=O) groups is 1. The van der Waals surface area contributed by atoms with Crippen LogP contribution in [0.25, 0.3) is 11.4 Å². The predicted octanol–water partition coefficient (Wildman–Crippen LogP) is 3.15. The third-order valence-electron chi connectivity index (χ3n) is 4.55. The molecule has 3 aromatic rings. The van der Waals surface area contributed by atoms with E-state index in [0.29, 0.717) is 6.54 Å². The van der Waals surface area contributed by atoms with Crippen molar-refractivity contribution in [2.75, 3.05) is 6.54 Å². The molecule has 1 fully saturated rings. The number of thioether (sulfide) groups is 1. The van der Waals surface area contributed by atoms with Crippen LogP contribution in [0.15, 0.2) is 60.0 Å². The van der Waals surface area contributed by atoms with Crippen LogP contribution in [0.3, 0.4) is 0 Å². The van der Waals surface area contributed by atoms with E-state index in [4.69, 9.17) is 0 Å². The van der Waals surface area contributed by atoms with Crippen molar-refractivity contribution in [3.05, 3.63) is 60.4 Å². The Morgan fingerprint density at radius 2 is 2.00 bits per heavy atom. The van der Waals surface area contributed by atoms with Gasteiger partial charge in [-0.25, -0.2) is 0 Å². The van der Waals surface area contributed by atoms with Gasteiger partial charge in [0, 0.05) is 24.5 Å². The van der Waals surface area contributed by atoms with Crippen molar-refractivity contribution in [3.8, 4) is 11.4 Å². The summed E-state index contributed by atoms with van der Waals surface area (Å²) in [7, 11) is 0. The monoisotopic (exact) mass is 379 g/mol. The first-order valence-electron chi connectivity index (χ1n) is 9.13. The van der Waals surface area contributed by atoms with Crippen LogP contribution in [0.5, 0.6) is 0 Å². The average molecular weight is 379 g/mol. The van der Waals surface area contributed by atoms with E-state index in [1.807, 2.05) is 30.3 Å². The number of benzene rings is 1. The highest BCUT2D eigenvalue weighted by molar-refractivity contribution is 8.00. The van der Waals surface area contributed by atoms with Gasteiger partial charge in [-0.15, -0.1) is 10.2 Å². The van der Waals surface area contributed by atoms with Gasteiger partial charge in [0.05, 0.1) is 11.8 Å². The molecule has 1 aliphatic heterocycles. The van der Waals surface area contributed by atoms with Gasteiger partial charge in [0.2, 0.25) is 5.91 Å². The maximum Gasteiger partial charge on any atom is 0.233 e. The number of aromatic nitrogens is 4. The molecule has 27 heavy (non-hydrogen) atoms. The summed E-state index contributed by atoms with van der Waals surface area (Å²) >= 11 is 1.50. The zero-order valence-electron chi connectivity index (χ0n) is 14.9. The van der Waals surface area contributed by atoms with Crippen molar-refractivity contribution in [2.24, 2.45) is 0 Å². The first-order valence-corrected chi connectivity index (χ1v) is 10.0. The van der Waals surface area contributed by atoms with Gasteiger partial charge in [0.1, 0.15) is 0 Å². The summed E-state index contributed by atoms with van der Waals surface area (Å²) in [6.45, 7) is 1.41. The molecule has 0 spiro atoms. The Kier molecular flexibility index (Phi) is 5.48. The summed E-state index contributed by atoms with van der Waals surface area (Å²) in [6, 6.07) is 14.1. The molecule has 1 saturated heterocycles. The molecule has 3 heterocycles. The minimum absolute atomic E-state index is 0.0923. The molecular weight excluding hydrogens is 358 g/mol. The maximum absolute atomic E-state index is 12.4. The van der Waals surface area contributed by atoms with Gasteiger partial charge in [-0.1, -0.05) is 48.5 Å². The number of rotatable bonds is 5. The summed E-state index contributed by atoms with van der Waals surface area (Å²) in [5, 5.41) is 12.5. The Bertz CT molecular complexity index is 897. The summed E-state index contributed by atoms with van der Waals surface area (Å²) in [5.74, 6) is 0.859. The van der Waals surface area contributed by atoms with E-state index in [1.54, 1.807) is 12.4 Å². The van der Waals surface area contributed by atoms with Crippen LogP contribution < -0.4 is 5.32 Å². The van der Waals surface area contributed by atoms with E-state index >= 15 is 0 Å². The van der Waals surface area contributed by atoms with E-state index in [2.05, 4.69) is 37.2 Å². The second-order valence-electron chi connectivity index (χ2n) is 6.51. The van der Waals surface area contributed by atoms with Crippen LogP contribution >= 0.6 is 11.8 Å². The lowest BCUT2D eigenvalue weighted by molar-refractivity contribution is -0.120. The number of pyridine rings is 1. The van der Waals surface area contributed by atoms with E-state index in [0.717, 1.165) is 47.9 Å². The lowest BCUT2D eigenvalue weighted by atomic mass is 10.2. The second kappa shape index (κ2) is 8.35. The van der Waals surface area contributed by atoms with Crippen molar-refractivity contribution in [1.29, 1.82) is 0 Å². The number of nitrogens with zero attached hydrogens (tertiary/aromatic N) is 4. The van der Waals surface area contributed by atoms with Crippen molar-refractivity contribution in [1.82, 2.24) is 25.1 Å². The highest BCUT2D eigenvalue weighted by atomic mass is 32.2. The molecule has 1 aromatic carbocycles. The number of amides is 1. The molecular formula is C20H21N5OS. The molecule has 138 valence electrons. The molecule has 4 rings (SSSR count). The van der Waals surface area contributed by atoms with E-state index in [9.17, 15) is 4.79 Å². The SMILES string of the molecule is O=C1NCCCC[C@H]1Sc1nnc(-c2cccnc2)n1Cc1ccccc1. The minimum atomic E-state index is -0.132. The number of hydrogen-bond acceptors (Lipinski definition) is 5. The zero-order valence-corrected chi connectivity index (χ0v) is 15.7. The normalized spacial score (nSPS) is 17.3. The summed E-state index contributed by atoms with van der Waals surface area (Å²) in [4.78, 5) is 16.6. The smallest absolute Gasteiger partial charge is 0.233 e. The van der Waals surface area contributed by atoms with Gasteiger partial charge in [0.15, 0.2) is 11.0 Å². The molecule has 1 N–H and O–H groups in total. The van der Waals surface area contributed by atoms with Crippen LogP contribution in [0.4, 0.5) is 0 Å². The largest absolute Gasteiger partial charge is 0.355 e. The Labute approximate surface area is 162 Å². The van der Waals surface area contributed by atoms with Gasteiger partial charge in [-0.3, -0.25) is 14.3 Å². The minimum Gasteiger partial charge on any atom is -0.355 e. The molecule has 7 heteroatoms. The number of hydrogen-bond donors (Lipinski definition) is 1. The molecule has 0 saturated carbocycles. The number of nitrogens with one attached hydrogen (secondary N) is 1. The van der Waals surface area contributed by atoms with Gasteiger partial charge in [0.25, 0.3) is 0 Å². The van der Waals surface area contributed by atoms with Crippen LogP contribution in [0.2, 0.25) is 0 Å². The van der Waals surface area contributed by atoms with Crippen molar-refractivity contribution >= 4 is 17.7 Å². The average Bonchev–Trinajstić information content (AvgIpc) is 2.98. The van der Waals surface area contributed by atoms with Gasteiger partial charge in [-0.05, 0) is 30.5 Å². The van der Waals surface area contributed by atoms with Crippen molar-refractivity contribution in [3.63, 3.8) is 0 Å². The van der Waals surface area contributed by atoms with Crippen molar-refractivity contribution < 1.29 is 4.79 Å². The van der Waals surface area contributed by atoms with Gasteiger partial charge in [-0.2, -0.15) is 0 Å². The molecule has 0 bridgehead atoms. The van der Waals surface area contributed by atoms with Crippen LogP contribution in [-0.2, 0) is 11.3 Å². The lowest BCUT2D eigenvalue weighted by Gasteiger charge is -2.14. The highest BCUT2D eigenvalue weighted by Crippen LogP contribution is 2.30. The van der Waals surface area contributed by atoms with Crippen LogP contribution in [0.1, 0.15) is 24.8 Å². The fraction of sp³-hybridized carbons (Fsp3) is 0.300. The summed E-state index contributed by atoms with van der Waals surface area (Å²) in [5.41, 5.74) is 2.08. The third kappa shape index (κ3) is 4.19. The first kappa shape index (κ1) is 17.7. The zero-order chi connectivity index (χ0) is 18.5. The Morgan fingerprint density at radius 1 is 1.11 bits per heavy atom. The molecule has 2 aromatic heterocycles. The third-order valence-corrected chi connectivity index (χ3v) is 5.80. The van der Waals surface area contributed by atoms with Crippen molar-refractivity contribution in [2.45, 2.75) is 36.2 Å². The fourth-order valence-electron chi connectivity index (χ4n) is 3.14. The Hall–Kier alpha value is -2.67. The molecule has 0 aliphatic carbocycles. The molecule has 1 atom stereocenters. The number of carbonyl (C=O) groups excluding carboxylic acids is 1. The second-order valence-corrected chi connectivity index (χ2v) is 7.68.